The highest BCUT2D eigenvalue weighted by Gasteiger charge is 2.02. The lowest BCUT2D eigenvalue weighted by atomic mass is 10.0. The van der Waals surface area contributed by atoms with Crippen LogP contribution >= 0.6 is 0 Å². The first-order valence-corrected chi connectivity index (χ1v) is 4.70. The number of allylic oxidation sites excluding steroid dienone is 1. The molecular weight excluding hydrogens is 176 g/mol. The number of hydrogen-bond acceptors (Lipinski definition) is 1. The van der Waals surface area contributed by atoms with Crippen LogP contribution in [0, 0.1) is 0 Å². The zero-order valence-corrected chi connectivity index (χ0v) is 8.23. The van der Waals surface area contributed by atoms with E-state index < -0.39 is 5.97 Å². The number of carboxylic acids is 1. The molecule has 0 fully saturated rings. The predicted octanol–water partition coefficient (Wildman–Crippen LogP) is 2.74. The van der Waals surface area contributed by atoms with Crippen molar-refractivity contribution in [3.8, 4) is 0 Å². The van der Waals surface area contributed by atoms with Gasteiger partial charge >= 0.3 is 5.97 Å². The van der Waals surface area contributed by atoms with E-state index in [-0.39, 0.29) is 6.42 Å². The molecule has 0 heterocycles. The number of aliphatic carboxylic acids is 1. The van der Waals surface area contributed by atoms with Crippen LogP contribution in [0.25, 0.3) is 6.08 Å². The van der Waals surface area contributed by atoms with Gasteiger partial charge < -0.3 is 5.11 Å². The van der Waals surface area contributed by atoms with Crippen LogP contribution in [0.15, 0.2) is 30.3 Å². The molecule has 0 radical (unpaired) electrons. The van der Waals surface area contributed by atoms with E-state index in [0.29, 0.717) is 0 Å². The Morgan fingerprint density at radius 2 is 2.14 bits per heavy atom. The van der Waals surface area contributed by atoms with Gasteiger partial charge in [-0.25, -0.2) is 0 Å². The Hall–Kier alpha value is -1.57. The Morgan fingerprint density at radius 3 is 2.79 bits per heavy atom. The lowest BCUT2D eigenvalue weighted by Crippen LogP contribution is -2.01. The average molecular weight is 190 g/mol. The van der Waals surface area contributed by atoms with Crippen molar-refractivity contribution in [2.24, 2.45) is 0 Å². The summed E-state index contributed by atoms with van der Waals surface area (Å²) in [5, 5.41) is 8.69. The molecule has 74 valence electrons. The quantitative estimate of drug-likeness (QED) is 0.792. The van der Waals surface area contributed by atoms with E-state index in [1.165, 1.54) is 0 Å². The summed E-state index contributed by atoms with van der Waals surface area (Å²) in [7, 11) is 0. The smallest absolute Gasteiger partial charge is 0.307 e. The molecule has 0 aliphatic heterocycles. The van der Waals surface area contributed by atoms with Gasteiger partial charge in [0.15, 0.2) is 0 Å². The first-order valence-electron chi connectivity index (χ1n) is 4.70. The Balaban J connectivity index is 2.90. The summed E-state index contributed by atoms with van der Waals surface area (Å²) in [5.74, 6) is -0.789. The summed E-state index contributed by atoms with van der Waals surface area (Å²) in [6.07, 6.45) is 5.05. The fraction of sp³-hybridized carbons (Fsp3) is 0.250. The summed E-state index contributed by atoms with van der Waals surface area (Å²) in [6, 6.07) is 7.57. The fourth-order valence-electron chi connectivity index (χ4n) is 1.27. The van der Waals surface area contributed by atoms with Crippen molar-refractivity contribution >= 4 is 12.0 Å². The van der Waals surface area contributed by atoms with Crippen LogP contribution in [0.1, 0.15) is 24.5 Å². The number of hydrogen-bond donors (Lipinski definition) is 1. The highest BCUT2D eigenvalue weighted by molar-refractivity contribution is 5.72. The molecule has 0 atom stereocenters. The molecule has 0 spiro atoms. The van der Waals surface area contributed by atoms with Crippen LogP contribution in [0.3, 0.4) is 0 Å². The van der Waals surface area contributed by atoms with Gasteiger partial charge in [0.25, 0.3) is 0 Å². The van der Waals surface area contributed by atoms with E-state index in [4.69, 9.17) is 5.11 Å². The van der Waals surface area contributed by atoms with Crippen molar-refractivity contribution < 1.29 is 9.90 Å². The molecule has 0 aliphatic rings. The van der Waals surface area contributed by atoms with Crippen LogP contribution < -0.4 is 0 Å². The first-order chi connectivity index (χ1) is 6.74. The monoisotopic (exact) mass is 190 g/mol. The first kappa shape index (κ1) is 10.5. The standard InChI is InChI=1S/C12H14O2/c1-2-3-6-10-7-4-5-8-11(10)9-12(13)14/h3-8H,2,9H2,1H3,(H,13,14)/b6-3+. The molecule has 0 unspecified atom stereocenters. The van der Waals surface area contributed by atoms with Gasteiger partial charge in [0.2, 0.25) is 0 Å². The van der Waals surface area contributed by atoms with E-state index in [2.05, 4.69) is 6.92 Å². The molecule has 2 nitrogen and oxygen atoms in total. The minimum atomic E-state index is -0.789. The van der Waals surface area contributed by atoms with Crippen LogP contribution in [0.2, 0.25) is 0 Å². The molecule has 1 aromatic carbocycles. The minimum Gasteiger partial charge on any atom is -0.481 e. The second-order valence-electron chi connectivity index (χ2n) is 3.08. The van der Waals surface area contributed by atoms with Crippen molar-refractivity contribution in [1.29, 1.82) is 0 Å². The fourth-order valence-corrected chi connectivity index (χ4v) is 1.27. The second-order valence-corrected chi connectivity index (χ2v) is 3.08. The largest absolute Gasteiger partial charge is 0.481 e. The van der Waals surface area contributed by atoms with Gasteiger partial charge in [-0.15, -0.1) is 0 Å². The SMILES string of the molecule is CC/C=C/c1ccccc1CC(=O)O. The van der Waals surface area contributed by atoms with E-state index >= 15 is 0 Å². The molecule has 1 aromatic rings. The van der Waals surface area contributed by atoms with Gasteiger partial charge in [0.05, 0.1) is 6.42 Å². The van der Waals surface area contributed by atoms with Crippen molar-refractivity contribution in [3.63, 3.8) is 0 Å². The maximum absolute atomic E-state index is 10.6. The molecule has 2 heteroatoms. The van der Waals surface area contributed by atoms with Gasteiger partial charge in [-0.3, -0.25) is 4.79 Å². The summed E-state index contributed by atoms with van der Waals surface area (Å²) in [6.45, 7) is 2.05. The summed E-state index contributed by atoms with van der Waals surface area (Å²) in [4.78, 5) is 10.6. The van der Waals surface area contributed by atoms with E-state index in [0.717, 1.165) is 17.5 Å². The molecule has 1 rings (SSSR count). The summed E-state index contributed by atoms with van der Waals surface area (Å²) < 4.78 is 0. The van der Waals surface area contributed by atoms with Gasteiger partial charge in [0.1, 0.15) is 0 Å². The number of rotatable bonds is 4. The highest BCUT2D eigenvalue weighted by Crippen LogP contribution is 2.11. The third-order valence-electron chi connectivity index (χ3n) is 1.93. The molecule has 0 aromatic heterocycles. The topological polar surface area (TPSA) is 37.3 Å². The van der Waals surface area contributed by atoms with E-state index in [1.54, 1.807) is 0 Å². The molecule has 14 heavy (non-hydrogen) atoms. The number of benzene rings is 1. The molecule has 0 aliphatic carbocycles. The van der Waals surface area contributed by atoms with E-state index in [9.17, 15) is 4.79 Å². The van der Waals surface area contributed by atoms with Crippen molar-refractivity contribution in [2.45, 2.75) is 19.8 Å². The van der Waals surface area contributed by atoms with Crippen LogP contribution in [0.5, 0.6) is 0 Å². The Bertz CT molecular complexity index is 340. The van der Waals surface area contributed by atoms with Crippen LogP contribution in [-0.2, 0) is 11.2 Å². The van der Waals surface area contributed by atoms with Crippen molar-refractivity contribution in [3.05, 3.63) is 41.5 Å². The number of carbonyl (C=O) groups is 1. The van der Waals surface area contributed by atoms with Gasteiger partial charge in [-0.05, 0) is 17.5 Å². The second kappa shape index (κ2) is 5.22. The summed E-state index contributed by atoms with van der Waals surface area (Å²) >= 11 is 0. The normalized spacial score (nSPS) is 10.6. The Kier molecular flexibility index (Phi) is 3.92. The van der Waals surface area contributed by atoms with Crippen molar-refractivity contribution in [1.82, 2.24) is 0 Å². The molecule has 0 bridgehead atoms. The maximum atomic E-state index is 10.6. The number of carboxylic acid groups (broad SMARTS) is 1. The van der Waals surface area contributed by atoms with Gasteiger partial charge in [0, 0.05) is 0 Å². The van der Waals surface area contributed by atoms with Gasteiger partial charge in [-0.2, -0.15) is 0 Å². The molecule has 1 N–H and O–H groups in total. The van der Waals surface area contributed by atoms with E-state index in [1.807, 2.05) is 36.4 Å². The minimum absolute atomic E-state index is 0.0875. The Labute approximate surface area is 83.9 Å². The lowest BCUT2D eigenvalue weighted by molar-refractivity contribution is -0.136. The molecular formula is C12H14O2. The van der Waals surface area contributed by atoms with Crippen LogP contribution in [0.4, 0.5) is 0 Å². The zero-order valence-electron chi connectivity index (χ0n) is 8.23. The summed E-state index contributed by atoms with van der Waals surface area (Å²) in [5.41, 5.74) is 1.86. The van der Waals surface area contributed by atoms with Gasteiger partial charge in [-0.1, -0.05) is 43.3 Å². The van der Waals surface area contributed by atoms with Crippen LogP contribution in [-0.4, -0.2) is 11.1 Å². The third-order valence-corrected chi connectivity index (χ3v) is 1.93. The zero-order chi connectivity index (χ0) is 10.4. The molecule has 0 saturated carbocycles. The average Bonchev–Trinajstić information content (AvgIpc) is 2.16. The molecule has 0 amide bonds. The lowest BCUT2D eigenvalue weighted by Gasteiger charge is -2.01. The maximum Gasteiger partial charge on any atom is 0.307 e. The predicted molar refractivity (Wildman–Crippen MR) is 57.1 cm³/mol. The Morgan fingerprint density at radius 1 is 1.43 bits per heavy atom. The van der Waals surface area contributed by atoms with Crippen molar-refractivity contribution in [2.75, 3.05) is 0 Å². The highest BCUT2D eigenvalue weighted by atomic mass is 16.4. The third kappa shape index (κ3) is 3.05. The molecule has 0 saturated heterocycles.